The van der Waals surface area contributed by atoms with E-state index < -0.39 is 0 Å². The molecule has 2 aliphatic rings. The molecule has 5 heteroatoms. The van der Waals surface area contributed by atoms with E-state index in [0.29, 0.717) is 12.4 Å². The molecule has 0 radical (unpaired) electrons. The van der Waals surface area contributed by atoms with Crippen LogP contribution in [0.4, 0.5) is 5.69 Å². The Morgan fingerprint density at radius 2 is 2.04 bits per heavy atom. The summed E-state index contributed by atoms with van der Waals surface area (Å²) in [6.07, 6.45) is 2.10. The van der Waals surface area contributed by atoms with Crippen molar-refractivity contribution in [3.8, 4) is 22.6 Å². The molecule has 0 bridgehead atoms. The number of aromatic hydroxyl groups is 1. The molecule has 2 aromatic carbocycles. The second-order valence-corrected chi connectivity index (χ2v) is 6.89. The summed E-state index contributed by atoms with van der Waals surface area (Å²) in [5, 5.41) is 13.9. The van der Waals surface area contributed by atoms with Crippen LogP contribution in [0.5, 0.6) is 11.5 Å². The maximum atomic E-state index is 10.4. The molecule has 130 valence electrons. The standard InChI is InChI=1S/C20H21NO4/c1-20(2)9-18-19-15(10-24-18)13(5-6-16(19)21-20)14-8-12(25-11-23-3)4-7-17(14)22/h4-9,21-22H,10-11H2,1-3H3. The number of rotatable bonds is 4. The van der Waals surface area contributed by atoms with Crippen molar-refractivity contribution in [3.05, 3.63) is 47.5 Å². The lowest BCUT2D eigenvalue weighted by atomic mass is 9.89. The van der Waals surface area contributed by atoms with Crippen molar-refractivity contribution >= 4 is 11.4 Å². The highest BCUT2D eigenvalue weighted by molar-refractivity contribution is 5.88. The topological polar surface area (TPSA) is 60.0 Å². The number of anilines is 1. The summed E-state index contributed by atoms with van der Waals surface area (Å²) in [7, 11) is 1.57. The molecule has 0 fully saturated rings. The summed E-state index contributed by atoms with van der Waals surface area (Å²) < 4.78 is 16.4. The van der Waals surface area contributed by atoms with Gasteiger partial charge in [0.2, 0.25) is 0 Å². The Bertz CT molecular complexity index is 870. The van der Waals surface area contributed by atoms with Gasteiger partial charge in [0.25, 0.3) is 0 Å². The third kappa shape index (κ3) is 2.70. The molecule has 25 heavy (non-hydrogen) atoms. The van der Waals surface area contributed by atoms with Gasteiger partial charge >= 0.3 is 0 Å². The van der Waals surface area contributed by atoms with Gasteiger partial charge < -0.3 is 24.6 Å². The van der Waals surface area contributed by atoms with Gasteiger partial charge in [0.1, 0.15) is 23.9 Å². The van der Waals surface area contributed by atoms with Gasteiger partial charge in [0.05, 0.1) is 5.54 Å². The molecule has 0 amide bonds. The van der Waals surface area contributed by atoms with Crippen LogP contribution in [-0.2, 0) is 16.1 Å². The van der Waals surface area contributed by atoms with Gasteiger partial charge in [-0.2, -0.15) is 0 Å². The van der Waals surface area contributed by atoms with E-state index in [2.05, 4.69) is 25.2 Å². The van der Waals surface area contributed by atoms with Crippen LogP contribution in [0.3, 0.4) is 0 Å². The van der Waals surface area contributed by atoms with E-state index in [9.17, 15) is 5.11 Å². The van der Waals surface area contributed by atoms with Crippen LogP contribution in [-0.4, -0.2) is 24.5 Å². The quantitative estimate of drug-likeness (QED) is 0.821. The number of hydrogen-bond acceptors (Lipinski definition) is 5. The molecule has 0 atom stereocenters. The van der Waals surface area contributed by atoms with E-state index >= 15 is 0 Å². The maximum Gasteiger partial charge on any atom is 0.188 e. The van der Waals surface area contributed by atoms with Gasteiger partial charge in [-0.05, 0) is 49.8 Å². The Balaban J connectivity index is 1.82. The predicted octanol–water partition coefficient (Wildman–Crippen LogP) is 4.12. The summed E-state index contributed by atoms with van der Waals surface area (Å²) in [5.41, 5.74) is 4.74. The maximum absolute atomic E-state index is 10.4. The number of phenolic OH excluding ortho intramolecular Hbond substituents is 1. The zero-order chi connectivity index (χ0) is 17.6. The van der Waals surface area contributed by atoms with E-state index in [1.54, 1.807) is 19.2 Å². The molecule has 5 nitrogen and oxygen atoms in total. The first-order valence-electron chi connectivity index (χ1n) is 8.24. The third-order valence-corrected chi connectivity index (χ3v) is 4.48. The smallest absolute Gasteiger partial charge is 0.188 e. The molecular formula is C20H21NO4. The molecule has 2 aliphatic heterocycles. The van der Waals surface area contributed by atoms with Crippen molar-refractivity contribution in [1.29, 1.82) is 0 Å². The van der Waals surface area contributed by atoms with Crippen LogP contribution in [0, 0.1) is 0 Å². The minimum atomic E-state index is -0.151. The first-order valence-corrected chi connectivity index (χ1v) is 8.24. The van der Waals surface area contributed by atoms with Gasteiger partial charge in [0, 0.05) is 29.5 Å². The highest BCUT2D eigenvalue weighted by Crippen LogP contribution is 2.47. The molecule has 0 saturated heterocycles. The largest absolute Gasteiger partial charge is 0.507 e. The highest BCUT2D eigenvalue weighted by atomic mass is 16.7. The van der Waals surface area contributed by atoms with Crippen LogP contribution in [0.1, 0.15) is 25.0 Å². The molecule has 0 unspecified atom stereocenters. The van der Waals surface area contributed by atoms with E-state index in [4.69, 9.17) is 14.2 Å². The fraction of sp³-hybridized carbons (Fsp3) is 0.300. The van der Waals surface area contributed by atoms with Gasteiger partial charge in [-0.3, -0.25) is 0 Å². The molecule has 0 saturated carbocycles. The summed E-state index contributed by atoms with van der Waals surface area (Å²) in [4.78, 5) is 0. The van der Waals surface area contributed by atoms with Crippen molar-refractivity contribution < 1.29 is 19.3 Å². The zero-order valence-electron chi connectivity index (χ0n) is 14.6. The molecule has 2 aromatic rings. The minimum Gasteiger partial charge on any atom is -0.507 e. The lowest BCUT2D eigenvalue weighted by molar-refractivity contribution is 0.0511. The number of phenols is 1. The van der Waals surface area contributed by atoms with Gasteiger partial charge in [-0.15, -0.1) is 0 Å². The molecule has 0 aromatic heterocycles. The van der Waals surface area contributed by atoms with Crippen molar-refractivity contribution in [3.63, 3.8) is 0 Å². The van der Waals surface area contributed by atoms with Crippen LogP contribution < -0.4 is 10.1 Å². The molecule has 0 aliphatic carbocycles. The number of hydrogen-bond donors (Lipinski definition) is 2. The Morgan fingerprint density at radius 1 is 1.20 bits per heavy atom. The van der Waals surface area contributed by atoms with Gasteiger partial charge in [-0.1, -0.05) is 6.07 Å². The average molecular weight is 339 g/mol. The lowest BCUT2D eigenvalue weighted by Gasteiger charge is -2.30. The van der Waals surface area contributed by atoms with Crippen molar-refractivity contribution in [2.45, 2.75) is 26.0 Å². The Morgan fingerprint density at radius 3 is 2.84 bits per heavy atom. The number of methoxy groups -OCH3 is 1. The monoisotopic (exact) mass is 339 g/mol. The minimum absolute atomic E-state index is 0.151. The van der Waals surface area contributed by atoms with Gasteiger partial charge in [0.15, 0.2) is 6.79 Å². The summed E-state index contributed by atoms with van der Waals surface area (Å²) >= 11 is 0. The van der Waals surface area contributed by atoms with Crippen LogP contribution in [0.25, 0.3) is 16.9 Å². The predicted molar refractivity (Wildman–Crippen MR) is 96.5 cm³/mol. The Labute approximate surface area is 146 Å². The fourth-order valence-electron chi connectivity index (χ4n) is 3.43. The van der Waals surface area contributed by atoms with Crippen LogP contribution >= 0.6 is 0 Å². The summed E-state index contributed by atoms with van der Waals surface area (Å²) in [5.74, 6) is 1.76. The molecular weight excluding hydrogens is 318 g/mol. The van der Waals surface area contributed by atoms with Gasteiger partial charge in [-0.25, -0.2) is 0 Å². The first kappa shape index (κ1) is 15.8. The molecule has 2 N–H and O–H groups in total. The number of benzene rings is 2. The van der Waals surface area contributed by atoms with E-state index in [-0.39, 0.29) is 18.1 Å². The zero-order valence-corrected chi connectivity index (χ0v) is 14.6. The van der Waals surface area contributed by atoms with E-state index in [0.717, 1.165) is 33.7 Å². The fourth-order valence-corrected chi connectivity index (χ4v) is 3.43. The third-order valence-electron chi connectivity index (χ3n) is 4.48. The molecule has 0 spiro atoms. The van der Waals surface area contributed by atoms with Crippen molar-refractivity contribution in [2.24, 2.45) is 0 Å². The second-order valence-electron chi connectivity index (χ2n) is 6.89. The van der Waals surface area contributed by atoms with Crippen molar-refractivity contribution in [1.82, 2.24) is 0 Å². The second kappa shape index (κ2) is 5.70. The molecule has 4 rings (SSSR count). The normalized spacial score (nSPS) is 16.5. The average Bonchev–Trinajstić information content (AvgIpc) is 2.98. The first-order chi connectivity index (χ1) is 12.0. The lowest BCUT2D eigenvalue weighted by Crippen LogP contribution is -2.31. The Hall–Kier alpha value is -2.66. The summed E-state index contributed by atoms with van der Waals surface area (Å²) in [6, 6.07) is 9.25. The Kier molecular flexibility index (Phi) is 3.62. The van der Waals surface area contributed by atoms with Crippen LogP contribution in [0.15, 0.2) is 36.4 Å². The summed E-state index contributed by atoms with van der Waals surface area (Å²) in [6.45, 7) is 4.88. The SMILES string of the molecule is COCOc1ccc(O)c(-c2ccc3c4c2COC4=CC(C)(C)N3)c1. The highest BCUT2D eigenvalue weighted by Gasteiger charge is 2.33. The number of nitrogens with one attached hydrogen (secondary N) is 1. The van der Waals surface area contributed by atoms with E-state index in [1.165, 1.54) is 0 Å². The van der Waals surface area contributed by atoms with Crippen molar-refractivity contribution in [2.75, 3.05) is 19.2 Å². The van der Waals surface area contributed by atoms with E-state index in [1.807, 2.05) is 18.2 Å². The van der Waals surface area contributed by atoms with Crippen LogP contribution in [0.2, 0.25) is 0 Å². The molecule has 2 heterocycles. The number of ether oxygens (including phenoxy) is 3.